The zero-order valence-electron chi connectivity index (χ0n) is 11.4. The second-order valence-corrected chi connectivity index (χ2v) is 5.59. The predicted molar refractivity (Wildman–Crippen MR) is 83.4 cm³/mol. The second kappa shape index (κ2) is 8.77. The van der Waals surface area contributed by atoms with Gasteiger partial charge in [-0.2, -0.15) is 0 Å². The number of benzene rings is 1. The lowest BCUT2D eigenvalue weighted by molar-refractivity contribution is -0.116. The van der Waals surface area contributed by atoms with Crippen LogP contribution in [0.15, 0.2) is 41.8 Å². The first-order valence-electron chi connectivity index (χ1n) is 6.50. The summed E-state index contributed by atoms with van der Waals surface area (Å²) in [7, 11) is 0. The molecule has 0 radical (unpaired) electrons. The Labute approximate surface area is 119 Å². The number of hydrogen-bond donors (Lipinski definition) is 2. The highest BCUT2D eigenvalue weighted by atomic mass is 32.2. The van der Waals surface area contributed by atoms with Gasteiger partial charge in [0.1, 0.15) is 0 Å². The summed E-state index contributed by atoms with van der Waals surface area (Å²) < 4.78 is 0. The molecule has 1 aromatic rings. The van der Waals surface area contributed by atoms with Crippen molar-refractivity contribution in [2.45, 2.75) is 24.7 Å². The van der Waals surface area contributed by atoms with Crippen LogP contribution in [0.2, 0.25) is 0 Å². The third-order valence-electron chi connectivity index (χ3n) is 2.78. The first kappa shape index (κ1) is 15.8. The maximum absolute atomic E-state index is 11.9. The number of para-hydroxylation sites is 1. The van der Waals surface area contributed by atoms with E-state index < -0.39 is 0 Å². The Morgan fingerprint density at radius 1 is 1.53 bits per heavy atom. The maximum atomic E-state index is 11.9. The number of thioether (sulfide) groups is 1. The van der Waals surface area contributed by atoms with E-state index in [9.17, 15) is 4.79 Å². The molecule has 0 aromatic heterocycles. The highest BCUT2D eigenvalue weighted by molar-refractivity contribution is 7.99. The van der Waals surface area contributed by atoms with E-state index in [0.717, 1.165) is 22.8 Å². The lowest BCUT2D eigenvalue weighted by Gasteiger charge is -2.11. The summed E-state index contributed by atoms with van der Waals surface area (Å²) in [5.41, 5.74) is 6.42. The molecule has 1 aromatic carbocycles. The van der Waals surface area contributed by atoms with Crippen molar-refractivity contribution < 1.29 is 4.79 Å². The molecule has 0 spiro atoms. The minimum absolute atomic E-state index is 0.0481. The Morgan fingerprint density at radius 2 is 2.26 bits per heavy atom. The minimum Gasteiger partial charge on any atom is -0.330 e. The van der Waals surface area contributed by atoms with Crippen molar-refractivity contribution in [1.29, 1.82) is 0 Å². The zero-order chi connectivity index (χ0) is 14.1. The highest BCUT2D eigenvalue weighted by Crippen LogP contribution is 2.27. The van der Waals surface area contributed by atoms with Crippen molar-refractivity contribution in [2.24, 2.45) is 11.7 Å². The standard InChI is InChI=1S/C15H22N2OS/c1-3-10-19-14-7-5-4-6-13(14)17-15(18)9-8-12(2)11-16/h3-7,12H,1,8-11,16H2,2H3,(H,17,18). The van der Waals surface area contributed by atoms with E-state index in [4.69, 9.17) is 5.73 Å². The van der Waals surface area contributed by atoms with Gasteiger partial charge in [-0.1, -0.05) is 25.1 Å². The first-order chi connectivity index (χ1) is 9.17. The highest BCUT2D eigenvalue weighted by Gasteiger charge is 2.08. The largest absolute Gasteiger partial charge is 0.330 e. The van der Waals surface area contributed by atoms with Gasteiger partial charge in [-0.15, -0.1) is 18.3 Å². The van der Waals surface area contributed by atoms with Crippen molar-refractivity contribution in [2.75, 3.05) is 17.6 Å². The van der Waals surface area contributed by atoms with Gasteiger partial charge in [0, 0.05) is 17.1 Å². The molecule has 0 saturated carbocycles. The summed E-state index contributed by atoms with van der Waals surface area (Å²) in [6, 6.07) is 7.83. The van der Waals surface area contributed by atoms with Gasteiger partial charge < -0.3 is 11.1 Å². The molecule has 1 rings (SSSR count). The van der Waals surface area contributed by atoms with Crippen LogP contribution in [0.4, 0.5) is 5.69 Å². The summed E-state index contributed by atoms with van der Waals surface area (Å²) in [6.07, 6.45) is 3.19. The van der Waals surface area contributed by atoms with Crippen LogP contribution in [-0.4, -0.2) is 18.2 Å². The van der Waals surface area contributed by atoms with Crippen LogP contribution in [0, 0.1) is 5.92 Å². The van der Waals surface area contributed by atoms with Crippen LogP contribution < -0.4 is 11.1 Å². The molecular weight excluding hydrogens is 256 g/mol. The molecule has 0 fully saturated rings. The summed E-state index contributed by atoms with van der Waals surface area (Å²) in [5.74, 6) is 1.26. The van der Waals surface area contributed by atoms with Crippen LogP contribution in [-0.2, 0) is 4.79 Å². The second-order valence-electron chi connectivity index (χ2n) is 4.52. The summed E-state index contributed by atoms with van der Waals surface area (Å²) in [6.45, 7) is 6.39. The third-order valence-corrected chi connectivity index (χ3v) is 3.85. The Bertz CT molecular complexity index is 420. The van der Waals surface area contributed by atoms with Gasteiger partial charge in [0.2, 0.25) is 5.91 Å². The number of carbonyl (C=O) groups is 1. The number of rotatable bonds is 8. The van der Waals surface area contributed by atoms with Gasteiger partial charge in [-0.25, -0.2) is 0 Å². The first-order valence-corrected chi connectivity index (χ1v) is 7.48. The van der Waals surface area contributed by atoms with Crippen LogP contribution in [0.3, 0.4) is 0 Å². The number of amides is 1. The molecule has 1 amide bonds. The maximum Gasteiger partial charge on any atom is 0.224 e. The van der Waals surface area contributed by atoms with E-state index in [2.05, 4.69) is 18.8 Å². The molecule has 1 atom stereocenters. The van der Waals surface area contributed by atoms with Gasteiger partial charge in [0.15, 0.2) is 0 Å². The molecule has 3 nitrogen and oxygen atoms in total. The lowest BCUT2D eigenvalue weighted by Crippen LogP contribution is -2.16. The normalized spacial score (nSPS) is 11.9. The van der Waals surface area contributed by atoms with Crippen molar-refractivity contribution in [3.8, 4) is 0 Å². The zero-order valence-corrected chi connectivity index (χ0v) is 12.2. The Morgan fingerprint density at radius 3 is 2.95 bits per heavy atom. The quantitative estimate of drug-likeness (QED) is 0.567. The summed E-state index contributed by atoms with van der Waals surface area (Å²) in [4.78, 5) is 12.9. The number of hydrogen-bond acceptors (Lipinski definition) is 3. The molecule has 4 heteroatoms. The molecule has 0 aliphatic rings. The lowest BCUT2D eigenvalue weighted by atomic mass is 10.1. The fourth-order valence-electron chi connectivity index (χ4n) is 1.55. The average molecular weight is 278 g/mol. The van der Waals surface area contributed by atoms with E-state index >= 15 is 0 Å². The van der Waals surface area contributed by atoms with Gasteiger partial charge >= 0.3 is 0 Å². The molecule has 0 heterocycles. The van der Waals surface area contributed by atoms with Gasteiger partial charge in [-0.3, -0.25) is 4.79 Å². The van der Waals surface area contributed by atoms with Gasteiger partial charge in [0.25, 0.3) is 0 Å². The van der Waals surface area contributed by atoms with Crippen molar-refractivity contribution in [1.82, 2.24) is 0 Å². The third kappa shape index (κ3) is 5.94. The van der Waals surface area contributed by atoms with E-state index in [-0.39, 0.29) is 5.91 Å². The fraction of sp³-hybridized carbons (Fsp3) is 0.400. The van der Waals surface area contributed by atoms with Crippen LogP contribution in [0.25, 0.3) is 0 Å². The number of anilines is 1. The van der Waals surface area contributed by atoms with E-state index in [0.29, 0.717) is 18.9 Å². The molecule has 0 saturated heterocycles. The Hall–Kier alpha value is -1.26. The smallest absolute Gasteiger partial charge is 0.224 e. The SMILES string of the molecule is C=CCSc1ccccc1NC(=O)CCC(C)CN. The summed E-state index contributed by atoms with van der Waals surface area (Å²) in [5, 5.41) is 2.96. The molecule has 104 valence electrons. The minimum atomic E-state index is 0.0481. The van der Waals surface area contributed by atoms with Gasteiger partial charge in [-0.05, 0) is 31.0 Å². The number of nitrogens with one attached hydrogen (secondary N) is 1. The van der Waals surface area contributed by atoms with Crippen LogP contribution in [0.1, 0.15) is 19.8 Å². The fourth-order valence-corrected chi connectivity index (χ4v) is 2.30. The molecule has 19 heavy (non-hydrogen) atoms. The van der Waals surface area contributed by atoms with Crippen molar-refractivity contribution in [3.63, 3.8) is 0 Å². The van der Waals surface area contributed by atoms with E-state index in [1.807, 2.05) is 30.3 Å². The molecule has 0 bridgehead atoms. The van der Waals surface area contributed by atoms with Crippen LogP contribution >= 0.6 is 11.8 Å². The predicted octanol–water partition coefficient (Wildman–Crippen LogP) is 3.28. The average Bonchev–Trinajstić information content (AvgIpc) is 2.43. The number of carbonyl (C=O) groups excluding carboxylic acids is 1. The molecular formula is C15H22N2OS. The molecule has 0 aliphatic heterocycles. The van der Waals surface area contributed by atoms with Crippen LogP contribution in [0.5, 0.6) is 0 Å². The van der Waals surface area contributed by atoms with E-state index in [1.54, 1.807) is 11.8 Å². The Balaban J connectivity index is 2.55. The molecule has 1 unspecified atom stereocenters. The topological polar surface area (TPSA) is 55.1 Å². The number of nitrogens with two attached hydrogens (primary N) is 1. The molecule has 0 aliphatic carbocycles. The van der Waals surface area contributed by atoms with E-state index in [1.165, 1.54) is 0 Å². The Kier molecular flexibility index (Phi) is 7.30. The van der Waals surface area contributed by atoms with Crippen molar-refractivity contribution in [3.05, 3.63) is 36.9 Å². The molecule has 3 N–H and O–H groups in total. The van der Waals surface area contributed by atoms with Crippen molar-refractivity contribution >= 4 is 23.4 Å². The monoisotopic (exact) mass is 278 g/mol. The van der Waals surface area contributed by atoms with Gasteiger partial charge in [0.05, 0.1) is 5.69 Å². The summed E-state index contributed by atoms with van der Waals surface area (Å²) >= 11 is 1.67.